The zero-order chi connectivity index (χ0) is 26.1. The molecular formula is C32H64O2. The molecule has 0 aliphatic carbocycles. The van der Waals surface area contributed by atoms with E-state index in [9.17, 15) is 4.79 Å². The van der Waals surface area contributed by atoms with Crippen molar-refractivity contribution in [3.63, 3.8) is 0 Å². The van der Waals surface area contributed by atoms with E-state index in [0.717, 1.165) is 19.3 Å². The number of allylic oxidation sites excluding steroid dienone is 4. The summed E-state index contributed by atoms with van der Waals surface area (Å²) in [5.41, 5.74) is 0. The van der Waals surface area contributed by atoms with Crippen LogP contribution in [0.1, 0.15) is 170 Å². The molecule has 0 atom stereocenters. The van der Waals surface area contributed by atoms with E-state index in [0.29, 0.717) is 6.42 Å². The standard InChI is InChI=1S/C19H38O2.C10H18.C3H8/c1-4-5-6-7-8-9-10-11-12-13-14-15-16-17-19(20)21-18(2)3;1-3-5-7-9-10-8-6-4-2;1-3-2/h18H,4-17H2,1-3H3;5,7-8,10H,3-4,6,9H2,1-2H3;3H2,1-2H3. The average Bonchev–Trinajstić information content (AvgIpc) is 2.80. The molecule has 2 heteroatoms. The van der Waals surface area contributed by atoms with Crippen molar-refractivity contribution in [2.75, 3.05) is 0 Å². The molecule has 34 heavy (non-hydrogen) atoms. The summed E-state index contributed by atoms with van der Waals surface area (Å²) >= 11 is 0. The van der Waals surface area contributed by atoms with Gasteiger partial charge in [0.05, 0.1) is 6.10 Å². The first-order chi connectivity index (χ1) is 16.5. The molecule has 0 rings (SSSR count). The van der Waals surface area contributed by atoms with Gasteiger partial charge in [0.15, 0.2) is 0 Å². The van der Waals surface area contributed by atoms with Gasteiger partial charge in [-0.2, -0.15) is 0 Å². The molecule has 0 radical (unpaired) electrons. The highest BCUT2D eigenvalue weighted by atomic mass is 16.5. The number of carbonyl (C=O) groups excluding carboxylic acids is 1. The maximum atomic E-state index is 11.3. The summed E-state index contributed by atoms with van der Waals surface area (Å²) < 4.78 is 5.12. The molecule has 0 aromatic heterocycles. The van der Waals surface area contributed by atoms with Gasteiger partial charge >= 0.3 is 5.97 Å². The number of ether oxygens (including phenoxy) is 1. The van der Waals surface area contributed by atoms with Crippen LogP contribution < -0.4 is 0 Å². The Morgan fingerprint density at radius 2 is 1.06 bits per heavy atom. The van der Waals surface area contributed by atoms with Crippen molar-refractivity contribution in [3.05, 3.63) is 24.3 Å². The fraction of sp³-hybridized carbons (Fsp3) is 0.844. The van der Waals surface area contributed by atoms with Crippen LogP contribution in [-0.4, -0.2) is 12.1 Å². The molecule has 0 bridgehead atoms. The normalized spacial score (nSPS) is 10.8. The topological polar surface area (TPSA) is 26.3 Å². The second-order valence-electron chi connectivity index (χ2n) is 9.61. The van der Waals surface area contributed by atoms with Gasteiger partial charge in [-0.05, 0) is 39.5 Å². The monoisotopic (exact) mass is 480 g/mol. The summed E-state index contributed by atoms with van der Waals surface area (Å²) in [5.74, 6) is -0.0342. The quantitative estimate of drug-likeness (QED) is 0.0983. The maximum absolute atomic E-state index is 11.3. The SMILES string of the molecule is CCC.CCC=CCC=CCCC.CCCCCCCCCCCCCCCC(=O)OC(C)C. The number of hydrogen-bond acceptors (Lipinski definition) is 2. The van der Waals surface area contributed by atoms with E-state index in [1.807, 2.05) is 13.8 Å². The van der Waals surface area contributed by atoms with Crippen molar-refractivity contribution in [1.29, 1.82) is 0 Å². The second kappa shape index (κ2) is 36.5. The van der Waals surface area contributed by atoms with Crippen molar-refractivity contribution in [2.24, 2.45) is 0 Å². The van der Waals surface area contributed by atoms with Crippen molar-refractivity contribution < 1.29 is 9.53 Å². The van der Waals surface area contributed by atoms with Crippen LogP contribution in [0.25, 0.3) is 0 Å². The lowest BCUT2D eigenvalue weighted by molar-refractivity contribution is -0.147. The Balaban J connectivity index is -0.000000613. The number of rotatable bonds is 20. The first kappa shape index (κ1) is 37.5. The molecule has 0 aromatic carbocycles. The lowest BCUT2D eigenvalue weighted by Gasteiger charge is -2.07. The summed E-state index contributed by atoms with van der Waals surface area (Å²) in [4.78, 5) is 11.3. The first-order valence-corrected chi connectivity index (χ1v) is 15.0. The fourth-order valence-corrected chi connectivity index (χ4v) is 3.33. The lowest BCUT2D eigenvalue weighted by Crippen LogP contribution is -2.10. The van der Waals surface area contributed by atoms with Crippen molar-refractivity contribution >= 4 is 5.97 Å². The Morgan fingerprint density at radius 3 is 1.47 bits per heavy atom. The van der Waals surface area contributed by atoms with Gasteiger partial charge in [0.2, 0.25) is 0 Å². The van der Waals surface area contributed by atoms with Crippen molar-refractivity contribution in [2.45, 2.75) is 177 Å². The first-order valence-electron chi connectivity index (χ1n) is 15.0. The Kier molecular flexibility index (Phi) is 40.3. The zero-order valence-electron chi connectivity index (χ0n) is 24.6. The maximum Gasteiger partial charge on any atom is 0.306 e. The van der Waals surface area contributed by atoms with E-state index in [1.165, 1.54) is 96.3 Å². The molecule has 0 amide bonds. The molecule has 204 valence electrons. The van der Waals surface area contributed by atoms with Crippen LogP contribution in [0.3, 0.4) is 0 Å². The van der Waals surface area contributed by atoms with Gasteiger partial charge in [0, 0.05) is 6.42 Å². The molecule has 0 aliphatic rings. The molecule has 2 nitrogen and oxygen atoms in total. The Bertz CT molecular complexity index is 409. The zero-order valence-corrected chi connectivity index (χ0v) is 24.6. The third kappa shape index (κ3) is 44.6. The van der Waals surface area contributed by atoms with Gasteiger partial charge in [-0.1, -0.05) is 149 Å². The van der Waals surface area contributed by atoms with Gasteiger partial charge in [-0.15, -0.1) is 0 Å². The van der Waals surface area contributed by atoms with Crippen LogP contribution in [0.5, 0.6) is 0 Å². The summed E-state index contributed by atoms with van der Waals surface area (Å²) in [6.45, 7) is 14.7. The number of unbranched alkanes of at least 4 members (excludes halogenated alkanes) is 13. The van der Waals surface area contributed by atoms with Gasteiger partial charge < -0.3 is 4.74 Å². The van der Waals surface area contributed by atoms with E-state index in [-0.39, 0.29) is 12.1 Å². The summed E-state index contributed by atoms with van der Waals surface area (Å²) in [7, 11) is 0. The lowest BCUT2D eigenvalue weighted by atomic mass is 10.0. The van der Waals surface area contributed by atoms with Crippen LogP contribution in [0, 0.1) is 0 Å². The summed E-state index contributed by atoms with van der Waals surface area (Å²) in [5, 5.41) is 0. The predicted octanol–water partition coefficient (Wildman–Crippen LogP) is 11.5. The average molecular weight is 481 g/mol. The van der Waals surface area contributed by atoms with Gasteiger partial charge in [-0.3, -0.25) is 4.79 Å². The molecule has 0 saturated heterocycles. The molecule has 0 aliphatic heterocycles. The van der Waals surface area contributed by atoms with E-state index < -0.39 is 0 Å². The molecule has 0 spiro atoms. The summed E-state index contributed by atoms with van der Waals surface area (Å²) in [6, 6.07) is 0. The molecular weight excluding hydrogens is 416 g/mol. The van der Waals surface area contributed by atoms with Crippen LogP contribution in [0.4, 0.5) is 0 Å². The van der Waals surface area contributed by atoms with Crippen LogP contribution in [-0.2, 0) is 9.53 Å². The number of carbonyl (C=O) groups is 1. The molecule has 0 N–H and O–H groups in total. The van der Waals surface area contributed by atoms with E-state index >= 15 is 0 Å². The van der Waals surface area contributed by atoms with E-state index in [2.05, 4.69) is 58.9 Å². The largest absolute Gasteiger partial charge is 0.463 e. The third-order valence-electron chi connectivity index (χ3n) is 5.15. The van der Waals surface area contributed by atoms with Crippen LogP contribution in [0.15, 0.2) is 24.3 Å². The van der Waals surface area contributed by atoms with Crippen molar-refractivity contribution in [3.8, 4) is 0 Å². The highest BCUT2D eigenvalue weighted by Crippen LogP contribution is 2.13. The minimum absolute atomic E-state index is 0.0273. The van der Waals surface area contributed by atoms with E-state index in [4.69, 9.17) is 4.74 Å². The van der Waals surface area contributed by atoms with Gasteiger partial charge in [0.25, 0.3) is 0 Å². The second-order valence-corrected chi connectivity index (χ2v) is 9.61. The Hall–Kier alpha value is -1.05. The molecule has 0 aromatic rings. The van der Waals surface area contributed by atoms with Crippen LogP contribution in [0.2, 0.25) is 0 Å². The van der Waals surface area contributed by atoms with Crippen LogP contribution >= 0.6 is 0 Å². The van der Waals surface area contributed by atoms with Gasteiger partial charge in [0.1, 0.15) is 0 Å². The fourth-order valence-electron chi connectivity index (χ4n) is 3.33. The molecule has 0 fully saturated rings. The number of hydrogen-bond donors (Lipinski definition) is 0. The smallest absolute Gasteiger partial charge is 0.306 e. The van der Waals surface area contributed by atoms with E-state index in [1.54, 1.807) is 0 Å². The predicted molar refractivity (Wildman–Crippen MR) is 156 cm³/mol. The minimum Gasteiger partial charge on any atom is -0.463 e. The number of esters is 1. The molecule has 0 unspecified atom stereocenters. The minimum atomic E-state index is -0.0342. The molecule has 0 saturated carbocycles. The third-order valence-corrected chi connectivity index (χ3v) is 5.15. The van der Waals surface area contributed by atoms with Crippen molar-refractivity contribution in [1.82, 2.24) is 0 Å². The highest BCUT2D eigenvalue weighted by Gasteiger charge is 2.04. The van der Waals surface area contributed by atoms with Gasteiger partial charge in [-0.25, -0.2) is 0 Å². The summed E-state index contributed by atoms with van der Waals surface area (Å²) in [6.07, 6.45) is 32.9. The Morgan fingerprint density at radius 1 is 0.618 bits per heavy atom. The Labute approximate surface area is 216 Å². The molecule has 0 heterocycles. The highest BCUT2D eigenvalue weighted by molar-refractivity contribution is 5.69.